The lowest BCUT2D eigenvalue weighted by Gasteiger charge is -2.22. The van der Waals surface area contributed by atoms with E-state index in [0.29, 0.717) is 11.6 Å². The van der Waals surface area contributed by atoms with Crippen molar-refractivity contribution in [2.45, 2.75) is 26.8 Å². The predicted octanol–water partition coefficient (Wildman–Crippen LogP) is 3.81. The molecule has 0 saturated carbocycles. The third-order valence-corrected chi connectivity index (χ3v) is 3.81. The first-order valence-corrected chi connectivity index (χ1v) is 8.02. The number of carbonyl (C=O) groups excluding carboxylic acids is 2. The normalized spacial score (nSPS) is 12.0. The van der Waals surface area contributed by atoms with E-state index < -0.39 is 41.0 Å². The van der Waals surface area contributed by atoms with Gasteiger partial charge in [0.05, 0.1) is 5.69 Å². The van der Waals surface area contributed by atoms with Crippen LogP contribution >= 0.6 is 0 Å². The number of rotatable bonds is 5. The number of hydrogen-bond acceptors (Lipinski definition) is 2. The quantitative estimate of drug-likeness (QED) is 0.793. The van der Waals surface area contributed by atoms with Crippen LogP contribution in [0.1, 0.15) is 29.8 Å². The van der Waals surface area contributed by atoms with Gasteiger partial charge in [0.15, 0.2) is 17.5 Å². The van der Waals surface area contributed by atoms with Crippen molar-refractivity contribution in [2.24, 2.45) is 5.92 Å². The minimum absolute atomic E-state index is 0.322. The molecule has 0 aliphatic rings. The highest BCUT2D eigenvalue weighted by Gasteiger charge is 2.26. The lowest BCUT2D eigenvalue weighted by molar-refractivity contribution is -0.118. The number of amides is 2. The minimum Gasteiger partial charge on any atom is -0.340 e. The molecule has 0 bridgehead atoms. The smallest absolute Gasteiger partial charge is 0.251 e. The van der Waals surface area contributed by atoms with E-state index in [0.717, 1.165) is 11.6 Å². The SMILES string of the molecule is Cc1cccc(C(=O)NC(C(=O)Nc2ccc(F)c(F)c2F)C(C)C)c1. The Morgan fingerprint density at radius 1 is 1.00 bits per heavy atom. The molecule has 0 saturated heterocycles. The van der Waals surface area contributed by atoms with Gasteiger partial charge in [-0.3, -0.25) is 9.59 Å². The molecule has 2 aromatic carbocycles. The molecule has 0 spiro atoms. The van der Waals surface area contributed by atoms with Crippen LogP contribution < -0.4 is 10.6 Å². The Morgan fingerprint density at radius 2 is 1.69 bits per heavy atom. The number of hydrogen-bond donors (Lipinski definition) is 2. The zero-order chi connectivity index (χ0) is 19.4. The van der Waals surface area contributed by atoms with E-state index in [-0.39, 0.29) is 5.92 Å². The Kier molecular flexibility index (Phi) is 6.02. The molecule has 7 heteroatoms. The molecular weight excluding hydrogens is 345 g/mol. The molecule has 2 aromatic rings. The number of aryl methyl sites for hydroxylation is 1. The van der Waals surface area contributed by atoms with Crippen LogP contribution in [-0.2, 0) is 4.79 Å². The van der Waals surface area contributed by atoms with Crippen molar-refractivity contribution >= 4 is 17.5 Å². The Labute approximate surface area is 149 Å². The highest BCUT2D eigenvalue weighted by Crippen LogP contribution is 2.20. The fraction of sp³-hybridized carbons (Fsp3) is 0.263. The number of carbonyl (C=O) groups is 2. The van der Waals surface area contributed by atoms with Gasteiger partial charge in [0.25, 0.3) is 5.91 Å². The summed E-state index contributed by atoms with van der Waals surface area (Å²) in [5.41, 5.74) is 0.763. The molecule has 0 fully saturated rings. The van der Waals surface area contributed by atoms with Gasteiger partial charge in [-0.1, -0.05) is 31.5 Å². The lowest BCUT2D eigenvalue weighted by Crippen LogP contribution is -2.47. The van der Waals surface area contributed by atoms with Gasteiger partial charge in [-0.25, -0.2) is 13.2 Å². The molecule has 0 aromatic heterocycles. The van der Waals surface area contributed by atoms with Crippen molar-refractivity contribution in [1.29, 1.82) is 0 Å². The second kappa shape index (κ2) is 8.03. The molecule has 2 N–H and O–H groups in total. The van der Waals surface area contributed by atoms with Crippen molar-refractivity contribution in [2.75, 3.05) is 5.32 Å². The standard InChI is InChI=1S/C19H19F3N2O2/c1-10(2)17(24-18(25)12-6-4-5-11(3)9-12)19(26)23-14-8-7-13(20)15(21)16(14)22/h4-10,17H,1-3H3,(H,23,26)(H,24,25). The average molecular weight is 364 g/mol. The third-order valence-electron chi connectivity index (χ3n) is 3.81. The Bertz CT molecular complexity index is 838. The lowest BCUT2D eigenvalue weighted by atomic mass is 10.0. The van der Waals surface area contributed by atoms with Crippen molar-refractivity contribution in [3.8, 4) is 0 Å². The summed E-state index contributed by atoms with van der Waals surface area (Å²) in [4.78, 5) is 24.8. The average Bonchev–Trinajstić information content (AvgIpc) is 2.59. The number of nitrogens with one attached hydrogen (secondary N) is 2. The molecule has 0 aliphatic carbocycles. The summed E-state index contributed by atoms with van der Waals surface area (Å²) in [5.74, 6) is -6.04. The van der Waals surface area contributed by atoms with E-state index in [1.54, 1.807) is 32.0 Å². The van der Waals surface area contributed by atoms with Gasteiger partial charge in [-0.15, -0.1) is 0 Å². The Hall–Kier alpha value is -2.83. The summed E-state index contributed by atoms with van der Waals surface area (Å²) in [5, 5.41) is 4.78. The van der Waals surface area contributed by atoms with Crippen LogP contribution in [0.3, 0.4) is 0 Å². The first-order chi connectivity index (χ1) is 12.2. The minimum atomic E-state index is -1.67. The molecule has 0 radical (unpaired) electrons. The van der Waals surface area contributed by atoms with Gasteiger partial charge in [0.2, 0.25) is 5.91 Å². The van der Waals surface area contributed by atoms with E-state index in [9.17, 15) is 22.8 Å². The van der Waals surface area contributed by atoms with Crippen LogP contribution in [0.2, 0.25) is 0 Å². The van der Waals surface area contributed by atoms with Gasteiger partial charge in [-0.05, 0) is 37.1 Å². The monoisotopic (exact) mass is 364 g/mol. The first kappa shape index (κ1) is 19.5. The van der Waals surface area contributed by atoms with E-state index in [4.69, 9.17) is 0 Å². The largest absolute Gasteiger partial charge is 0.340 e. The van der Waals surface area contributed by atoms with Crippen LogP contribution in [0.4, 0.5) is 18.9 Å². The molecule has 0 heterocycles. The summed E-state index contributed by atoms with van der Waals surface area (Å²) < 4.78 is 40.0. The highest BCUT2D eigenvalue weighted by molar-refractivity contribution is 6.01. The van der Waals surface area contributed by atoms with Crippen LogP contribution in [0.5, 0.6) is 0 Å². The first-order valence-electron chi connectivity index (χ1n) is 8.02. The second-order valence-corrected chi connectivity index (χ2v) is 6.28. The van der Waals surface area contributed by atoms with Crippen LogP contribution in [0.25, 0.3) is 0 Å². The summed E-state index contributed by atoms with van der Waals surface area (Å²) in [7, 11) is 0. The Morgan fingerprint density at radius 3 is 2.31 bits per heavy atom. The third kappa shape index (κ3) is 4.41. The maximum Gasteiger partial charge on any atom is 0.251 e. The fourth-order valence-electron chi connectivity index (χ4n) is 2.38. The zero-order valence-electron chi connectivity index (χ0n) is 14.6. The second-order valence-electron chi connectivity index (χ2n) is 6.28. The van der Waals surface area contributed by atoms with Gasteiger partial charge < -0.3 is 10.6 Å². The molecule has 2 amide bonds. The summed E-state index contributed by atoms with van der Waals surface area (Å²) >= 11 is 0. The predicted molar refractivity (Wildman–Crippen MR) is 92.2 cm³/mol. The molecule has 1 atom stereocenters. The summed E-state index contributed by atoms with van der Waals surface area (Å²) in [6.45, 7) is 5.22. The molecule has 138 valence electrons. The zero-order valence-corrected chi connectivity index (χ0v) is 14.6. The van der Waals surface area contributed by atoms with Gasteiger partial charge in [0.1, 0.15) is 6.04 Å². The van der Waals surface area contributed by atoms with Crippen molar-refractivity contribution in [1.82, 2.24) is 5.32 Å². The van der Waals surface area contributed by atoms with Crippen LogP contribution in [0, 0.1) is 30.3 Å². The van der Waals surface area contributed by atoms with Gasteiger partial charge >= 0.3 is 0 Å². The maximum atomic E-state index is 13.7. The van der Waals surface area contributed by atoms with E-state index in [1.807, 2.05) is 13.0 Å². The molecule has 1 unspecified atom stereocenters. The van der Waals surface area contributed by atoms with E-state index in [2.05, 4.69) is 10.6 Å². The molecular formula is C19H19F3N2O2. The molecule has 26 heavy (non-hydrogen) atoms. The maximum absolute atomic E-state index is 13.7. The molecule has 0 aliphatic heterocycles. The van der Waals surface area contributed by atoms with Crippen molar-refractivity contribution in [3.05, 3.63) is 65.0 Å². The number of benzene rings is 2. The van der Waals surface area contributed by atoms with Crippen molar-refractivity contribution < 1.29 is 22.8 Å². The topological polar surface area (TPSA) is 58.2 Å². The summed E-state index contributed by atoms with van der Waals surface area (Å²) in [6.07, 6.45) is 0. The molecule has 4 nitrogen and oxygen atoms in total. The van der Waals surface area contributed by atoms with E-state index >= 15 is 0 Å². The fourth-order valence-corrected chi connectivity index (χ4v) is 2.38. The highest BCUT2D eigenvalue weighted by atomic mass is 19.2. The van der Waals surface area contributed by atoms with Crippen LogP contribution in [-0.4, -0.2) is 17.9 Å². The summed E-state index contributed by atoms with van der Waals surface area (Å²) in [6, 6.07) is 7.46. The van der Waals surface area contributed by atoms with Gasteiger partial charge in [-0.2, -0.15) is 0 Å². The Balaban J connectivity index is 2.18. The number of halogens is 3. The number of anilines is 1. The van der Waals surface area contributed by atoms with E-state index in [1.165, 1.54) is 0 Å². The van der Waals surface area contributed by atoms with Gasteiger partial charge in [0, 0.05) is 5.56 Å². The van der Waals surface area contributed by atoms with Crippen LogP contribution in [0.15, 0.2) is 36.4 Å². The molecule has 2 rings (SSSR count). The van der Waals surface area contributed by atoms with Crippen molar-refractivity contribution in [3.63, 3.8) is 0 Å².